The van der Waals surface area contributed by atoms with Crippen molar-refractivity contribution in [3.8, 4) is 11.1 Å². The minimum Gasteiger partial charge on any atom is -0.313 e. The number of nitrogens with one attached hydrogen (secondary N) is 1. The van der Waals surface area contributed by atoms with Gasteiger partial charge in [-0.2, -0.15) is 0 Å². The molecule has 3 heteroatoms. The maximum atomic E-state index is 13.6. The molecule has 1 heterocycles. The van der Waals surface area contributed by atoms with Crippen LogP contribution in [0.1, 0.15) is 12.5 Å². The van der Waals surface area contributed by atoms with Crippen LogP contribution in [0.2, 0.25) is 0 Å². The van der Waals surface area contributed by atoms with Crippen LogP contribution in [-0.4, -0.2) is 11.5 Å². The zero-order valence-electron chi connectivity index (χ0n) is 11.9. The number of para-hydroxylation sites is 1. The number of aromatic nitrogens is 1. The van der Waals surface area contributed by atoms with E-state index in [2.05, 4.69) is 10.3 Å². The third kappa shape index (κ3) is 2.78. The number of benzene rings is 2. The Labute approximate surface area is 123 Å². The molecule has 2 aromatic carbocycles. The van der Waals surface area contributed by atoms with Gasteiger partial charge in [-0.05, 0) is 35.9 Å². The number of fused-ring (bicyclic) bond motifs is 1. The van der Waals surface area contributed by atoms with Gasteiger partial charge in [-0.1, -0.05) is 37.3 Å². The molecular formula is C18H17FN2. The first-order valence-corrected chi connectivity index (χ1v) is 7.13. The number of nitrogens with zero attached hydrogens (tertiary/aromatic N) is 1. The van der Waals surface area contributed by atoms with Gasteiger partial charge in [-0.15, -0.1) is 0 Å². The minimum atomic E-state index is -0.208. The van der Waals surface area contributed by atoms with Crippen molar-refractivity contribution in [2.24, 2.45) is 0 Å². The lowest BCUT2D eigenvalue weighted by Gasteiger charge is -2.12. The lowest BCUT2D eigenvalue weighted by Crippen LogP contribution is -2.12. The van der Waals surface area contributed by atoms with Crippen LogP contribution in [0.3, 0.4) is 0 Å². The summed E-state index contributed by atoms with van der Waals surface area (Å²) in [5.41, 5.74) is 3.97. The summed E-state index contributed by atoms with van der Waals surface area (Å²) in [5, 5.41) is 4.35. The summed E-state index contributed by atoms with van der Waals surface area (Å²) in [4.78, 5) is 4.49. The molecule has 0 radical (unpaired) electrons. The standard InChI is InChI=1S/C18H17FN2/c1-2-20-12-14-11-15(19)8-9-16(14)17-7-3-5-13-6-4-10-21-18(13)17/h3-11,20H,2,12H2,1H3. The van der Waals surface area contributed by atoms with Crippen LogP contribution >= 0.6 is 0 Å². The third-order valence-corrected chi connectivity index (χ3v) is 3.56. The number of hydrogen-bond acceptors (Lipinski definition) is 2. The molecule has 0 unspecified atom stereocenters. The highest BCUT2D eigenvalue weighted by atomic mass is 19.1. The van der Waals surface area contributed by atoms with Crippen LogP contribution in [0.25, 0.3) is 22.0 Å². The molecule has 0 saturated heterocycles. The molecule has 1 aromatic heterocycles. The Morgan fingerprint density at radius 2 is 1.90 bits per heavy atom. The quantitative estimate of drug-likeness (QED) is 0.776. The Bertz CT molecular complexity index is 763. The highest BCUT2D eigenvalue weighted by Crippen LogP contribution is 2.30. The largest absolute Gasteiger partial charge is 0.313 e. The normalized spacial score (nSPS) is 11.0. The van der Waals surface area contributed by atoms with Crippen LogP contribution in [0, 0.1) is 5.82 Å². The van der Waals surface area contributed by atoms with Gasteiger partial charge in [0.05, 0.1) is 5.52 Å². The summed E-state index contributed by atoms with van der Waals surface area (Å²) in [6, 6.07) is 15.0. The summed E-state index contributed by atoms with van der Waals surface area (Å²) < 4.78 is 13.6. The van der Waals surface area contributed by atoms with E-state index in [0.717, 1.165) is 34.1 Å². The molecule has 0 spiro atoms. The highest BCUT2D eigenvalue weighted by molar-refractivity contribution is 5.94. The summed E-state index contributed by atoms with van der Waals surface area (Å²) >= 11 is 0. The molecule has 0 bridgehead atoms. The Morgan fingerprint density at radius 1 is 1.05 bits per heavy atom. The van der Waals surface area contributed by atoms with Gasteiger partial charge in [0.2, 0.25) is 0 Å². The van der Waals surface area contributed by atoms with Crippen molar-refractivity contribution in [3.05, 3.63) is 66.1 Å². The molecule has 106 valence electrons. The predicted octanol–water partition coefficient (Wildman–Crippen LogP) is 4.15. The maximum absolute atomic E-state index is 13.6. The second kappa shape index (κ2) is 6.02. The van der Waals surface area contributed by atoms with E-state index in [-0.39, 0.29) is 5.82 Å². The fourth-order valence-electron chi connectivity index (χ4n) is 2.55. The average Bonchev–Trinajstić information content (AvgIpc) is 2.52. The number of rotatable bonds is 4. The van der Waals surface area contributed by atoms with Gasteiger partial charge in [0, 0.05) is 23.7 Å². The van der Waals surface area contributed by atoms with Gasteiger partial charge in [0.25, 0.3) is 0 Å². The van der Waals surface area contributed by atoms with Crippen LogP contribution in [0.15, 0.2) is 54.7 Å². The Kier molecular flexibility index (Phi) is 3.93. The molecule has 0 saturated carbocycles. The Hall–Kier alpha value is -2.26. The average molecular weight is 280 g/mol. The molecule has 21 heavy (non-hydrogen) atoms. The molecule has 0 atom stereocenters. The van der Waals surface area contributed by atoms with E-state index in [0.29, 0.717) is 6.54 Å². The molecular weight excluding hydrogens is 263 g/mol. The Balaban J connectivity index is 2.18. The molecule has 0 fully saturated rings. The van der Waals surface area contributed by atoms with Crippen molar-refractivity contribution in [1.82, 2.24) is 10.3 Å². The van der Waals surface area contributed by atoms with E-state index in [9.17, 15) is 4.39 Å². The van der Waals surface area contributed by atoms with Gasteiger partial charge in [-0.25, -0.2) is 4.39 Å². The van der Waals surface area contributed by atoms with Gasteiger partial charge in [0.1, 0.15) is 5.82 Å². The number of pyridine rings is 1. The van der Waals surface area contributed by atoms with E-state index in [4.69, 9.17) is 0 Å². The van der Waals surface area contributed by atoms with Gasteiger partial charge in [0.15, 0.2) is 0 Å². The summed E-state index contributed by atoms with van der Waals surface area (Å²) in [6.45, 7) is 3.54. The van der Waals surface area contributed by atoms with E-state index in [1.54, 1.807) is 12.3 Å². The maximum Gasteiger partial charge on any atom is 0.123 e. The monoisotopic (exact) mass is 280 g/mol. The van der Waals surface area contributed by atoms with Crippen molar-refractivity contribution in [3.63, 3.8) is 0 Å². The number of hydrogen-bond donors (Lipinski definition) is 1. The van der Waals surface area contributed by atoms with E-state index >= 15 is 0 Å². The van der Waals surface area contributed by atoms with Gasteiger partial charge < -0.3 is 5.32 Å². The molecule has 2 nitrogen and oxygen atoms in total. The molecule has 0 amide bonds. The van der Waals surface area contributed by atoms with Crippen LogP contribution in [0.4, 0.5) is 4.39 Å². The SMILES string of the molecule is CCNCc1cc(F)ccc1-c1cccc2cccnc12. The van der Waals surface area contributed by atoms with Crippen molar-refractivity contribution in [2.45, 2.75) is 13.5 Å². The van der Waals surface area contributed by atoms with Crippen molar-refractivity contribution in [2.75, 3.05) is 6.54 Å². The summed E-state index contributed by atoms with van der Waals surface area (Å²) in [6.07, 6.45) is 1.79. The van der Waals surface area contributed by atoms with Crippen LogP contribution < -0.4 is 5.32 Å². The van der Waals surface area contributed by atoms with E-state index in [1.165, 1.54) is 6.07 Å². The molecule has 1 N–H and O–H groups in total. The van der Waals surface area contributed by atoms with Crippen LogP contribution in [-0.2, 0) is 6.54 Å². The highest BCUT2D eigenvalue weighted by Gasteiger charge is 2.10. The zero-order chi connectivity index (χ0) is 14.7. The lowest BCUT2D eigenvalue weighted by atomic mass is 9.97. The van der Waals surface area contributed by atoms with Crippen molar-refractivity contribution < 1.29 is 4.39 Å². The first-order valence-electron chi connectivity index (χ1n) is 7.13. The molecule has 3 rings (SSSR count). The van der Waals surface area contributed by atoms with Crippen LogP contribution in [0.5, 0.6) is 0 Å². The van der Waals surface area contributed by atoms with Crippen molar-refractivity contribution in [1.29, 1.82) is 0 Å². The topological polar surface area (TPSA) is 24.9 Å². The second-order valence-electron chi connectivity index (χ2n) is 4.96. The predicted molar refractivity (Wildman–Crippen MR) is 84.5 cm³/mol. The fourth-order valence-corrected chi connectivity index (χ4v) is 2.55. The van der Waals surface area contributed by atoms with Gasteiger partial charge in [-0.3, -0.25) is 4.98 Å². The first-order chi connectivity index (χ1) is 10.3. The molecule has 0 aliphatic rings. The van der Waals surface area contributed by atoms with Crippen molar-refractivity contribution >= 4 is 10.9 Å². The lowest BCUT2D eigenvalue weighted by molar-refractivity contribution is 0.622. The van der Waals surface area contributed by atoms with E-state index < -0.39 is 0 Å². The first kappa shape index (κ1) is 13.7. The zero-order valence-corrected chi connectivity index (χ0v) is 11.9. The third-order valence-electron chi connectivity index (χ3n) is 3.56. The Morgan fingerprint density at radius 3 is 2.76 bits per heavy atom. The second-order valence-corrected chi connectivity index (χ2v) is 4.96. The summed E-state index contributed by atoms with van der Waals surface area (Å²) in [5.74, 6) is -0.208. The molecule has 3 aromatic rings. The summed E-state index contributed by atoms with van der Waals surface area (Å²) in [7, 11) is 0. The number of halogens is 1. The van der Waals surface area contributed by atoms with Gasteiger partial charge >= 0.3 is 0 Å². The molecule has 0 aliphatic carbocycles. The molecule has 0 aliphatic heterocycles. The minimum absolute atomic E-state index is 0.208. The van der Waals surface area contributed by atoms with E-state index in [1.807, 2.05) is 43.3 Å². The smallest absolute Gasteiger partial charge is 0.123 e. The fraction of sp³-hybridized carbons (Fsp3) is 0.167.